The molecular formula is C21H19N3O4. The van der Waals surface area contributed by atoms with Gasteiger partial charge < -0.3 is 15.7 Å². The van der Waals surface area contributed by atoms with Gasteiger partial charge in [-0.3, -0.25) is 10.0 Å². The maximum absolute atomic E-state index is 11.6. The number of nitrogens with one attached hydrogen (secondary N) is 3. The molecule has 0 bridgehead atoms. The molecule has 0 fully saturated rings. The highest BCUT2D eigenvalue weighted by molar-refractivity contribution is 5.81. The molecule has 2 rings (SSSR count). The van der Waals surface area contributed by atoms with Gasteiger partial charge in [0, 0.05) is 24.2 Å². The van der Waals surface area contributed by atoms with Gasteiger partial charge in [-0.15, -0.1) is 0 Å². The zero-order chi connectivity index (χ0) is 20.2. The summed E-state index contributed by atoms with van der Waals surface area (Å²) in [5, 5.41) is 22.3. The Kier molecular flexibility index (Phi) is 8.10. The molecular weight excluding hydrogens is 358 g/mol. The van der Waals surface area contributed by atoms with Crippen molar-refractivity contribution in [1.29, 1.82) is 0 Å². The summed E-state index contributed by atoms with van der Waals surface area (Å²) >= 11 is 0. The Morgan fingerprint density at radius 1 is 0.929 bits per heavy atom. The molecule has 0 saturated heterocycles. The lowest BCUT2D eigenvalue weighted by Crippen LogP contribution is -2.49. The van der Waals surface area contributed by atoms with E-state index < -0.39 is 18.0 Å². The third-order valence-electron chi connectivity index (χ3n) is 3.64. The highest BCUT2D eigenvalue weighted by atomic mass is 16.5. The van der Waals surface area contributed by atoms with Crippen molar-refractivity contribution < 1.29 is 19.9 Å². The SMILES string of the molecule is O=C(O)NCC(NCc1ccc(C#CC#Cc2ccccc2)cc1)C(=O)NO. The Bertz CT molecular complexity index is 919. The Balaban J connectivity index is 1.91. The third-order valence-corrected chi connectivity index (χ3v) is 3.64. The number of benzene rings is 2. The monoisotopic (exact) mass is 377 g/mol. The van der Waals surface area contributed by atoms with Crippen LogP contribution >= 0.6 is 0 Å². The van der Waals surface area contributed by atoms with Crippen molar-refractivity contribution >= 4 is 12.0 Å². The summed E-state index contributed by atoms with van der Waals surface area (Å²) in [6, 6.07) is 16.0. The van der Waals surface area contributed by atoms with E-state index >= 15 is 0 Å². The van der Waals surface area contributed by atoms with Crippen molar-refractivity contribution in [2.75, 3.05) is 6.54 Å². The van der Waals surface area contributed by atoms with E-state index in [1.54, 1.807) is 0 Å². The van der Waals surface area contributed by atoms with Crippen LogP contribution < -0.4 is 16.1 Å². The van der Waals surface area contributed by atoms with E-state index in [0.29, 0.717) is 6.54 Å². The predicted molar refractivity (Wildman–Crippen MR) is 103 cm³/mol. The second kappa shape index (κ2) is 11.0. The average molecular weight is 377 g/mol. The largest absolute Gasteiger partial charge is 0.465 e. The normalized spacial score (nSPS) is 10.5. The summed E-state index contributed by atoms with van der Waals surface area (Å²) < 4.78 is 0. The van der Waals surface area contributed by atoms with Gasteiger partial charge in [-0.2, -0.15) is 0 Å². The van der Waals surface area contributed by atoms with Gasteiger partial charge in [0.2, 0.25) is 0 Å². The van der Waals surface area contributed by atoms with Crippen LogP contribution in [-0.2, 0) is 11.3 Å². The van der Waals surface area contributed by atoms with Gasteiger partial charge in [0.25, 0.3) is 5.91 Å². The number of hydrogen-bond acceptors (Lipinski definition) is 4. The Hall–Kier alpha value is -3.78. The van der Waals surface area contributed by atoms with Crippen LogP contribution in [0.1, 0.15) is 16.7 Å². The minimum Gasteiger partial charge on any atom is -0.465 e. The molecule has 7 nitrogen and oxygen atoms in total. The fourth-order valence-electron chi connectivity index (χ4n) is 2.20. The molecule has 0 spiro atoms. The molecule has 0 aromatic heterocycles. The fraction of sp³-hybridized carbons (Fsp3) is 0.143. The molecule has 0 aliphatic heterocycles. The Morgan fingerprint density at radius 3 is 2.11 bits per heavy atom. The van der Waals surface area contributed by atoms with E-state index in [1.165, 1.54) is 5.48 Å². The summed E-state index contributed by atoms with van der Waals surface area (Å²) in [5.41, 5.74) is 4.07. The molecule has 2 aromatic carbocycles. The maximum atomic E-state index is 11.6. The van der Waals surface area contributed by atoms with Gasteiger partial charge in [-0.05, 0) is 41.7 Å². The van der Waals surface area contributed by atoms with Crippen LogP contribution in [0.5, 0.6) is 0 Å². The van der Waals surface area contributed by atoms with Crippen LogP contribution in [0.2, 0.25) is 0 Å². The molecule has 7 heteroatoms. The molecule has 142 valence electrons. The highest BCUT2D eigenvalue weighted by Gasteiger charge is 2.17. The summed E-state index contributed by atoms with van der Waals surface area (Å²) in [4.78, 5) is 22.1. The number of hydroxylamine groups is 1. The molecule has 0 radical (unpaired) electrons. The number of carboxylic acid groups (broad SMARTS) is 1. The molecule has 5 N–H and O–H groups in total. The quantitative estimate of drug-likeness (QED) is 0.296. The summed E-state index contributed by atoms with van der Waals surface area (Å²) in [5.74, 6) is 10.8. The van der Waals surface area contributed by atoms with Gasteiger partial charge in [-0.25, -0.2) is 10.3 Å². The number of hydrogen-bond donors (Lipinski definition) is 5. The van der Waals surface area contributed by atoms with Crippen molar-refractivity contribution in [2.45, 2.75) is 12.6 Å². The lowest BCUT2D eigenvalue weighted by atomic mass is 10.1. The van der Waals surface area contributed by atoms with E-state index in [0.717, 1.165) is 16.7 Å². The molecule has 1 unspecified atom stereocenters. The summed E-state index contributed by atoms with van der Waals surface area (Å²) in [6.45, 7) is 0.131. The van der Waals surface area contributed by atoms with Crippen LogP contribution in [0.25, 0.3) is 0 Å². The zero-order valence-electron chi connectivity index (χ0n) is 14.9. The number of carbonyl (C=O) groups is 2. The van der Waals surface area contributed by atoms with E-state index in [4.69, 9.17) is 10.3 Å². The average Bonchev–Trinajstić information content (AvgIpc) is 2.72. The lowest BCUT2D eigenvalue weighted by Gasteiger charge is -2.16. The molecule has 0 heterocycles. The van der Waals surface area contributed by atoms with Crippen LogP contribution in [0.4, 0.5) is 4.79 Å². The van der Waals surface area contributed by atoms with Crippen LogP contribution in [-0.4, -0.2) is 34.9 Å². The number of rotatable bonds is 6. The van der Waals surface area contributed by atoms with Crippen LogP contribution in [0.15, 0.2) is 54.6 Å². The highest BCUT2D eigenvalue weighted by Crippen LogP contribution is 2.03. The van der Waals surface area contributed by atoms with Gasteiger partial charge in [0.15, 0.2) is 0 Å². The molecule has 0 aliphatic rings. The molecule has 1 atom stereocenters. The molecule has 2 aromatic rings. The van der Waals surface area contributed by atoms with E-state index in [1.807, 2.05) is 54.6 Å². The molecule has 2 amide bonds. The smallest absolute Gasteiger partial charge is 0.404 e. The third kappa shape index (κ3) is 7.22. The van der Waals surface area contributed by atoms with Gasteiger partial charge >= 0.3 is 6.09 Å². The van der Waals surface area contributed by atoms with Crippen molar-refractivity contribution in [3.63, 3.8) is 0 Å². The predicted octanol–water partition coefficient (Wildman–Crippen LogP) is 1.32. The van der Waals surface area contributed by atoms with Gasteiger partial charge in [-0.1, -0.05) is 42.2 Å². The van der Waals surface area contributed by atoms with Crippen molar-refractivity contribution in [3.05, 3.63) is 71.3 Å². The standard InChI is InChI=1S/C21H19N3O4/c25-20(24-28)19(15-23-21(26)27)22-14-18-12-10-17(11-13-18)9-5-4-8-16-6-2-1-3-7-16/h1-3,6-7,10-13,19,22-23,28H,14-15H2,(H,24,25)(H,26,27). The zero-order valence-corrected chi connectivity index (χ0v) is 14.9. The van der Waals surface area contributed by atoms with Crippen LogP contribution in [0.3, 0.4) is 0 Å². The maximum Gasteiger partial charge on any atom is 0.404 e. The first-order chi connectivity index (χ1) is 13.6. The fourth-order valence-corrected chi connectivity index (χ4v) is 2.20. The van der Waals surface area contributed by atoms with Crippen molar-refractivity contribution in [3.8, 4) is 23.7 Å². The summed E-state index contributed by atoms with van der Waals surface area (Å²) in [6.07, 6.45) is -1.25. The second-order valence-electron chi connectivity index (χ2n) is 5.66. The van der Waals surface area contributed by atoms with E-state index in [2.05, 4.69) is 34.3 Å². The first-order valence-corrected chi connectivity index (χ1v) is 8.38. The second-order valence-corrected chi connectivity index (χ2v) is 5.66. The Morgan fingerprint density at radius 2 is 1.54 bits per heavy atom. The lowest BCUT2D eigenvalue weighted by molar-refractivity contribution is -0.131. The Labute approximate surface area is 162 Å². The minimum atomic E-state index is -1.25. The summed E-state index contributed by atoms with van der Waals surface area (Å²) in [7, 11) is 0. The van der Waals surface area contributed by atoms with Gasteiger partial charge in [0.05, 0.1) is 0 Å². The first kappa shape index (κ1) is 20.5. The minimum absolute atomic E-state index is 0.175. The molecule has 0 aliphatic carbocycles. The molecule has 0 saturated carbocycles. The molecule has 28 heavy (non-hydrogen) atoms. The first-order valence-electron chi connectivity index (χ1n) is 8.38. The van der Waals surface area contributed by atoms with Crippen LogP contribution in [0, 0.1) is 23.7 Å². The van der Waals surface area contributed by atoms with E-state index in [9.17, 15) is 9.59 Å². The van der Waals surface area contributed by atoms with Crippen molar-refractivity contribution in [1.82, 2.24) is 16.1 Å². The number of carbonyl (C=O) groups excluding carboxylic acids is 1. The van der Waals surface area contributed by atoms with Gasteiger partial charge in [0.1, 0.15) is 6.04 Å². The number of amides is 2. The van der Waals surface area contributed by atoms with Crippen molar-refractivity contribution in [2.24, 2.45) is 0 Å². The topological polar surface area (TPSA) is 111 Å². The van der Waals surface area contributed by atoms with E-state index in [-0.39, 0.29) is 6.54 Å².